The zero-order valence-corrected chi connectivity index (χ0v) is 19.6. The van der Waals surface area contributed by atoms with E-state index in [1.54, 1.807) is 18.3 Å². The molecule has 7 heteroatoms. The minimum Gasteiger partial charge on any atom is -0.465 e. The van der Waals surface area contributed by atoms with Gasteiger partial charge in [-0.1, -0.05) is 41.6 Å². The molecular weight excluding hydrogens is 434 g/mol. The standard InChI is InChI=1S/C26H25N3O3S/c1-17-7-10-23(18(2)13-17)24(30)16-33-26-27-11-12-29(26)21-6-4-5-20(14-21)25(31)28-15-22-9-8-19(3)32-22/h4-14H,15-16H2,1-3H3,(H,28,31). The molecule has 0 bridgehead atoms. The highest BCUT2D eigenvalue weighted by molar-refractivity contribution is 7.99. The fourth-order valence-corrected chi connectivity index (χ4v) is 4.43. The van der Waals surface area contributed by atoms with E-state index in [0.717, 1.165) is 28.1 Å². The first kappa shape index (κ1) is 22.6. The Hall–Kier alpha value is -3.58. The lowest BCUT2D eigenvalue weighted by Crippen LogP contribution is -2.22. The van der Waals surface area contributed by atoms with Crippen molar-refractivity contribution >= 4 is 23.5 Å². The molecule has 0 aliphatic rings. The number of nitrogens with zero attached hydrogens (tertiary/aromatic N) is 2. The van der Waals surface area contributed by atoms with Crippen LogP contribution in [-0.4, -0.2) is 27.0 Å². The number of Topliss-reactive ketones (excluding diaryl/α,β-unsaturated/α-hetero) is 1. The van der Waals surface area contributed by atoms with Crippen molar-refractivity contribution in [3.8, 4) is 5.69 Å². The van der Waals surface area contributed by atoms with E-state index in [4.69, 9.17) is 4.42 Å². The largest absolute Gasteiger partial charge is 0.465 e. The van der Waals surface area contributed by atoms with Crippen molar-refractivity contribution in [2.75, 3.05) is 5.75 Å². The molecule has 2 aromatic heterocycles. The van der Waals surface area contributed by atoms with Gasteiger partial charge in [0.25, 0.3) is 5.91 Å². The number of amides is 1. The van der Waals surface area contributed by atoms with E-state index >= 15 is 0 Å². The summed E-state index contributed by atoms with van der Waals surface area (Å²) in [6, 6.07) is 16.9. The van der Waals surface area contributed by atoms with E-state index in [-0.39, 0.29) is 17.4 Å². The fraction of sp³-hybridized carbons (Fsp3) is 0.192. The molecule has 2 heterocycles. The van der Waals surface area contributed by atoms with Gasteiger partial charge in [-0.15, -0.1) is 0 Å². The Labute approximate surface area is 197 Å². The van der Waals surface area contributed by atoms with Crippen LogP contribution in [0.1, 0.15) is 43.4 Å². The number of rotatable bonds is 8. The van der Waals surface area contributed by atoms with E-state index in [2.05, 4.69) is 10.3 Å². The Morgan fingerprint density at radius 1 is 1.06 bits per heavy atom. The number of furan rings is 1. The molecule has 0 saturated carbocycles. The maximum atomic E-state index is 12.7. The molecule has 0 aliphatic heterocycles. The molecule has 4 aromatic rings. The first-order valence-corrected chi connectivity index (χ1v) is 11.6. The third-order valence-electron chi connectivity index (χ3n) is 5.23. The summed E-state index contributed by atoms with van der Waals surface area (Å²) in [6.45, 7) is 6.16. The van der Waals surface area contributed by atoms with Gasteiger partial charge in [0.2, 0.25) is 0 Å². The molecule has 168 valence electrons. The molecule has 0 aliphatic carbocycles. The molecule has 0 unspecified atom stereocenters. The number of carbonyl (C=O) groups is 2. The first-order valence-electron chi connectivity index (χ1n) is 10.6. The number of nitrogens with one attached hydrogen (secondary N) is 1. The Morgan fingerprint density at radius 2 is 1.91 bits per heavy atom. The molecule has 2 aromatic carbocycles. The van der Waals surface area contributed by atoms with Gasteiger partial charge in [0.1, 0.15) is 11.5 Å². The summed E-state index contributed by atoms with van der Waals surface area (Å²) < 4.78 is 7.38. The van der Waals surface area contributed by atoms with Gasteiger partial charge >= 0.3 is 0 Å². The second kappa shape index (κ2) is 9.92. The van der Waals surface area contributed by atoms with Crippen molar-refractivity contribution in [3.63, 3.8) is 0 Å². The lowest BCUT2D eigenvalue weighted by molar-refractivity contribution is 0.0947. The quantitative estimate of drug-likeness (QED) is 0.286. The highest BCUT2D eigenvalue weighted by Gasteiger charge is 2.14. The van der Waals surface area contributed by atoms with Gasteiger partial charge in [0.05, 0.1) is 12.3 Å². The fourth-order valence-electron chi connectivity index (χ4n) is 3.57. The van der Waals surface area contributed by atoms with Crippen molar-refractivity contribution in [1.29, 1.82) is 0 Å². The highest BCUT2D eigenvalue weighted by Crippen LogP contribution is 2.23. The number of hydrogen-bond acceptors (Lipinski definition) is 5. The Balaban J connectivity index is 1.44. The SMILES string of the molecule is Cc1ccc(C(=O)CSc2nccn2-c2cccc(C(=O)NCc3ccc(C)o3)c2)c(C)c1. The van der Waals surface area contributed by atoms with E-state index in [1.807, 2.05) is 74.0 Å². The minimum atomic E-state index is -0.190. The zero-order chi connectivity index (χ0) is 23.4. The van der Waals surface area contributed by atoms with Crippen LogP contribution in [-0.2, 0) is 6.54 Å². The molecule has 0 atom stereocenters. The van der Waals surface area contributed by atoms with Crippen LogP contribution in [0.25, 0.3) is 5.69 Å². The van der Waals surface area contributed by atoms with Gasteiger partial charge in [0, 0.05) is 29.2 Å². The highest BCUT2D eigenvalue weighted by atomic mass is 32.2. The number of hydrogen-bond donors (Lipinski definition) is 1. The predicted octanol–water partition coefficient (Wildman–Crippen LogP) is 5.30. The average Bonchev–Trinajstić information content (AvgIpc) is 3.44. The summed E-state index contributed by atoms with van der Waals surface area (Å²) >= 11 is 1.38. The number of aryl methyl sites for hydroxylation is 3. The van der Waals surface area contributed by atoms with Crippen LogP contribution in [0.5, 0.6) is 0 Å². The lowest BCUT2D eigenvalue weighted by atomic mass is 10.0. The van der Waals surface area contributed by atoms with E-state index < -0.39 is 0 Å². The normalized spacial score (nSPS) is 10.9. The molecule has 0 fully saturated rings. The van der Waals surface area contributed by atoms with Crippen LogP contribution in [0.4, 0.5) is 0 Å². The molecule has 0 spiro atoms. The van der Waals surface area contributed by atoms with Gasteiger partial charge in [-0.2, -0.15) is 0 Å². The Kier molecular flexibility index (Phi) is 6.79. The van der Waals surface area contributed by atoms with Gasteiger partial charge in [-0.25, -0.2) is 4.98 Å². The third-order valence-corrected chi connectivity index (χ3v) is 6.19. The lowest BCUT2D eigenvalue weighted by Gasteiger charge is -2.10. The van der Waals surface area contributed by atoms with E-state index in [1.165, 1.54) is 11.8 Å². The number of benzene rings is 2. The van der Waals surface area contributed by atoms with Crippen molar-refractivity contribution in [1.82, 2.24) is 14.9 Å². The minimum absolute atomic E-state index is 0.0633. The van der Waals surface area contributed by atoms with Crippen molar-refractivity contribution in [2.24, 2.45) is 0 Å². The number of thioether (sulfide) groups is 1. The summed E-state index contributed by atoms with van der Waals surface area (Å²) in [4.78, 5) is 29.8. The number of aromatic nitrogens is 2. The molecule has 33 heavy (non-hydrogen) atoms. The Bertz CT molecular complexity index is 1310. The van der Waals surface area contributed by atoms with Gasteiger partial charge in [0.15, 0.2) is 10.9 Å². The van der Waals surface area contributed by atoms with E-state index in [9.17, 15) is 9.59 Å². The summed E-state index contributed by atoms with van der Waals surface area (Å²) in [5, 5.41) is 3.57. The average molecular weight is 460 g/mol. The van der Waals surface area contributed by atoms with Gasteiger partial charge < -0.3 is 9.73 Å². The van der Waals surface area contributed by atoms with Crippen molar-refractivity contribution in [2.45, 2.75) is 32.5 Å². The topological polar surface area (TPSA) is 77.1 Å². The zero-order valence-electron chi connectivity index (χ0n) is 18.8. The van der Waals surface area contributed by atoms with Gasteiger partial charge in [-0.05, 0) is 56.7 Å². The number of imidazole rings is 1. The van der Waals surface area contributed by atoms with Crippen molar-refractivity contribution < 1.29 is 14.0 Å². The van der Waals surface area contributed by atoms with Crippen LogP contribution in [0.2, 0.25) is 0 Å². The molecule has 0 saturated heterocycles. The molecule has 4 rings (SSSR count). The van der Waals surface area contributed by atoms with Crippen molar-refractivity contribution in [3.05, 3.63) is 101 Å². The molecule has 1 amide bonds. The smallest absolute Gasteiger partial charge is 0.251 e. The third kappa shape index (κ3) is 5.43. The molecular formula is C26H25N3O3S. The summed E-state index contributed by atoms with van der Waals surface area (Å²) in [5.74, 6) is 1.67. The molecule has 0 radical (unpaired) electrons. The monoisotopic (exact) mass is 459 g/mol. The first-order chi connectivity index (χ1) is 15.9. The second-order valence-electron chi connectivity index (χ2n) is 7.86. The predicted molar refractivity (Wildman–Crippen MR) is 129 cm³/mol. The van der Waals surface area contributed by atoms with Gasteiger partial charge in [-0.3, -0.25) is 14.2 Å². The maximum absolute atomic E-state index is 12.7. The second-order valence-corrected chi connectivity index (χ2v) is 8.80. The Morgan fingerprint density at radius 3 is 2.67 bits per heavy atom. The number of carbonyl (C=O) groups excluding carboxylic acids is 2. The summed E-state index contributed by atoms with van der Waals surface area (Å²) in [6.07, 6.45) is 3.52. The van der Waals surface area contributed by atoms with Crippen LogP contribution < -0.4 is 5.32 Å². The molecule has 1 N–H and O–H groups in total. The van der Waals surface area contributed by atoms with Crippen LogP contribution in [0.15, 0.2) is 76.6 Å². The molecule has 6 nitrogen and oxygen atoms in total. The maximum Gasteiger partial charge on any atom is 0.251 e. The summed E-state index contributed by atoms with van der Waals surface area (Å²) in [7, 11) is 0. The van der Waals surface area contributed by atoms with Crippen LogP contribution in [0, 0.1) is 20.8 Å². The number of ketones is 1. The van der Waals surface area contributed by atoms with Crippen LogP contribution >= 0.6 is 11.8 Å². The van der Waals surface area contributed by atoms with E-state index in [0.29, 0.717) is 23.0 Å². The van der Waals surface area contributed by atoms with Crippen LogP contribution in [0.3, 0.4) is 0 Å². The summed E-state index contributed by atoms with van der Waals surface area (Å²) in [5.41, 5.74) is 4.18.